The molecular formula is C12H16O2. The van der Waals surface area contributed by atoms with E-state index in [2.05, 4.69) is 0 Å². The van der Waals surface area contributed by atoms with Gasteiger partial charge in [-0.05, 0) is 31.9 Å². The zero-order valence-electron chi connectivity index (χ0n) is 8.87. The van der Waals surface area contributed by atoms with Crippen molar-refractivity contribution in [1.82, 2.24) is 0 Å². The summed E-state index contributed by atoms with van der Waals surface area (Å²) in [5.74, 6) is 0.110. The number of carbonyl (C=O) groups excluding carboxylic acids is 1. The van der Waals surface area contributed by atoms with E-state index in [1.807, 2.05) is 38.1 Å². The summed E-state index contributed by atoms with van der Waals surface area (Å²) in [5, 5.41) is 9.15. The van der Waals surface area contributed by atoms with Crippen molar-refractivity contribution in [2.75, 3.05) is 0 Å². The highest BCUT2D eigenvalue weighted by atomic mass is 16.3. The average Bonchev–Trinajstić information content (AvgIpc) is 2.17. The van der Waals surface area contributed by atoms with Crippen LogP contribution in [0.25, 0.3) is 0 Å². The van der Waals surface area contributed by atoms with Gasteiger partial charge in [0.25, 0.3) is 0 Å². The molecule has 0 aliphatic rings. The summed E-state index contributed by atoms with van der Waals surface area (Å²) in [7, 11) is 0. The largest absolute Gasteiger partial charge is 0.392 e. The molecule has 0 radical (unpaired) electrons. The second-order valence-corrected chi connectivity index (χ2v) is 4.00. The Labute approximate surface area is 84.6 Å². The Morgan fingerprint density at radius 3 is 2.43 bits per heavy atom. The van der Waals surface area contributed by atoms with Gasteiger partial charge in [0.15, 0.2) is 0 Å². The summed E-state index contributed by atoms with van der Waals surface area (Å²) >= 11 is 0. The Kier molecular flexibility index (Phi) is 3.06. The van der Waals surface area contributed by atoms with Gasteiger partial charge in [0, 0.05) is 5.41 Å². The molecule has 0 aliphatic heterocycles. The van der Waals surface area contributed by atoms with Crippen LogP contribution in [-0.4, -0.2) is 10.9 Å². The first-order chi connectivity index (χ1) is 6.50. The standard InChI is InChI=1S/C12H16O2/c1-9(14)12(2,3)11-7-5-4-6-10(11)8-13/h4-7,13H,8H2,1-3H3. The van der Waals surface area contributed by atoms with Crippen LogP contribution in [0.15, 0.2) is 24.3 Å². The normalized spacial score (nSPS) is 11.4. The molecule has 0 aliphatic carbocycles. The van der Waals surface area contributed by atoms with E-state index < -0.39 is 5.41 Å². The van der Waals surface area contributed by atoms with E-state index in [-0.39, 0.29) is 12.4 Å². The molecule has 0 unspecified atom stereocenters. The highest BCUT2D eigenvalue weighted by molar-refractivity contribution is 5.87. The molecule has 76 valence electrons. The fraction of sp³-hybridized carbons (Fsp3) is 0.417. The highest BCUT2D eigenvalue weighted by Gasteiger charge is 2.27. The SMILES string of the molecule is CC(=O)C(C)(C)c1ccccc1CO. The zero-order chi connectivity index (χ0) is 10.8. The lowest BCUT2D eigenvalue weighted by Gasteiger charge is -2.24. The summed E-state index contributed by atoms with van der Waals surface area (Å²) in [6, 6.07) is 7.50. The summed E-state index contributed by atoms with van der Waals surface area (Å²) in [6.45, 7) is 5.31. The molecule has 0 atom stereocenters. The van der Waals surface area contributed by atoms with Crippen LogP contribution in [0.4, 0.5) is 0 Å². The second kappa shape index (κ2) is 3.93. The van der Waals surface area contributed by atoms with E-state index in [4.69, 9.17) is 5.11 Å². The Morgan fingerprint density at radius 2 is 1.93 bits per heavy atom. The van der Waals surface area contributed by atoms with Crippen molar-refractivity contribution in [2.24, 2.45) is 0 Å². The van der Waals surface area contributed by atoms with Crippen molar-refractivity contribution < 1.29 is 9.90 Å². The zero-order valence-corrected chi connectivity index (χ0v) is 8.87. The minimum absolute atomic E-state index is 0.0209. The molecule has 1 aromatic carbocycles. The van der Waals surface area contributed by atoms with Gasteiger partial charge < -0.3 is 5.11 Å². The van der Waals surface area contributed by atoms with E-state index in [1.165, 1.54) is 0 Å². The van der Waals surface area contributed by atoms with Crippen molar-refractivity contribution in [1.29, 1.82) is 0 Å². The quantitative estimate of drug-likeness (QED) is 0.795. The predicted molar refractivity (Wildman–Crippen MR) is 56.1 cm³/mol. The van der Waals surface area contributed by atoms with Crippen LogP contribution in [0.1, 0.15) is 31.9 Å². The third kappa shape index (κ3) is 1.85. The number of aliphatic hydroxyl groups is 1. The van der Waals surface area contributed by atoms with Crippen molar-refractivity contribution in [3.8, 4) is 0 Å². The minimum atomic E-state index is -0.515. The van der Waals surface area contributed by atoms with E-state index in [9.17, 15) is 4.79 Å². The molecule has 2 nitrogen and oxygen atoms in total. The van der Waals surface area contributed by atoms with Gasteiger partial charge in [-0.1, -0.05) is 24.3 Å². The number of hydrogen-bond donors (Lipinski definition) is 1. The fourth-order valence-corrected chi connectivity index (χ4v) is 1.46. The van der Waals surface area contributed by atoms with Crippen LogP contribution in [0.3, 0.4) is 0 Å². The molecule has 0 amide bonds. The lowest BCUT2D eigenvalue weighted by Crippen LogP contribution is -2.27. The van der Waals surface area contributed by atoms with Gasteiger partial charge in [-0.2, -0.15) is 0 Å². The molecule has 1 N–H and O–H groups in total. The summed E-state index contributed by atoms with van der Waals surface area (Å²) in [4.78, 5) is 11.5. The lowest BCUT2D eigenvalue weighted by atomic mass is 9.79. The number of Topliss-reactive ketones (excluding diaryl/α,β-unsaturated/α-hetero) is 1. The number of aliphatic hydroxyl groups excluding tert-OH is 1. The molecule has 0 heterocycles. The van der Waals surface area contributed by atoms with Gasteiger partial charge in [-0.25, -0.2) is 0 Å². The van der Waals surface area contributed by atoms with Crippen LogP contribution in [0.2, 0.25) is 0 Å². The maximum atomic E-state index is 11.5. The first kappa shape index (κ1) is 10.9. The number of benzene rings is 1. The average molecular weight is 192 g/mol. The van der Waals surface area contributed by atoms with Crippen LogP contribution in [0, 0.1) is 0 Å². The van der Waals surface area contributed by atoms with Crippen molar-refractivity contribution in [2.45, 2.75) is 32.8 Å². The van der Waals surface area contributed by atoms with Crippen LogP contribution in [-0.2, 0) is 16.8 Å². The molecule has 0 bridgehead atoms. The number of carbonyl (C=O) groups is 1. The highest BCUT2D eigenvalue weighted by Crippen LogP contribution is 2.27. The van der Waals surface area contributed by atoms with Crippen molar-refractivity contribution >= 4 is 5.78 Å². The van der Waals surface area contributed by atoms with Gasteiger partial charge in [0.2, 0.25) is 0 Å². The van der Waals surface area contributed by atoms with Gasteiger partial charge >= 0.3 is 0 Å². The maximum absolute atomic E-state index is 11.5. The molecule has 0 spiro atoms. The van der Waals surface area contributed by atoms with Gasteiger partial charge in [0.05, 0.1) is 6.61 Å². The summed E-state index contributed by atoms with van der Waals surface area (Å²) in [5.41, 5.74) is 1.22. The second-order valence-electron chi connectivity index (χ2n) is 4.00. The topological polar surface area (TPSA) is 37.3 Å². The molecule has 1 rings (SSSR count). The summed E-state index contributed by atoms with van der Waals surface area (Å²) < 4.78 is 0. The van der Waals surface area contributed by atoms with E-state index in [0.717, 1.165) is 11.1 Å². The van der Waals surface area contributed by atoms with E-state index in [0.29, 0.717) is 0 Å². The first-order valence-corrected chi connectivity index (χ1v) is 4.70. The molecule has 0 saturated carbocycles. The third-order valence-corrected chi connectivity index (χ3v) is 2.74. The maximum Gasteiger partial charge on any atom is 0.139 e. The molecule has 1 aromatic rings. The predicted octanol–water partition coefficient (Wildman–Crippen LogP) is 2.05. The Morgan fingerprint density at radius 1 is 1.36 bits per heavy atom. The molecule has 0 fully saturated rings. The summed E-state index contributed by atoms with van der Waals surface area (Å²) in [6.07, 6.45) is 0. The lowest BCUT2D eigenvalue weighted by molar-refractivity contribution is -0.121. The number of ketones is 1. The molecule has 0 aromatic heterocycles. The van der Waals surface area contributed by atoms with Gasteiger partial charge in [-0.15, -0.1) is 0 Å². The molecule has 0 saturated heterocycles. The monoisotopic (exact) mass is 192 g/mol. The molecular weight excluding hydrogens is 176 g/mol. The minimum Gasteiger partial charge on any atom is -0.392 e. The fourth-order valence-electron chi connectivity index (χ4n) is 1.46. The number of rotatable bonds is 3. The third-order valence-electron chi connectivity index (χ3n) is 2.74. The molecule has 2 heteroatoms. The van der Waals surface area contributed by atoms with Crippen molar-refractivity contribution in [3.63, 3.8) is 0 Å². The smallest absolute Gasteiger partial charge is 0.139 e. The Balaban J connectivity index is 3.24. The Hall–Kier alpha value is -1.15. The number of hydrogen-bond acceptors (Lipinski definition) is 2. The van der Waals surface area contributed by atoms with Crippen LogP contribution in [0.5, 0.6) is 0 Å². The van der Waals surface area contributed by atoms with Crippen LogP contribution < -0.4 is 0 Å². The first-order valence-electron chi connectivity index (χ1n) is 4.70. The van der Waals surface area contributed by atoms with Gasteiger partial charge in [-0.3, -0.25) is 4.79 Å². The molecule has 14 heavy (non-hydrogen) atoms. The van der Waals surface area contributed by atoms with Crippen LogP contribution >= 0.6 is 0 Å². The van der Waals surface area contributed by atoms with E-state index in [1.54, 1.807) is 6.92 Å². The van der Waals surface area contributed by atoms with Crippen molar-refractivity contribution in [3.05, 3.63) is 35.4 Å². The Bertz CT molecular complexity index is 340. The van der Waals surface area contributed by atoms with Gasteiger partial charge in [0.1, 0.15) is 5.78 Å². The van der Waals surface area contributed by atoms with E-state index >= 15 is 0 Å².